The third-order valence-electron chi connectivity index (χ3n) is 1.72. The van der Waals surface area contributed by atoms with Crippen LogP contribution in [0, 0.1) is 17.0 Å². The fourth-order valence-electron chi connectivity index (χ4n) is 1.02. The summed E-state index contributed by atoms with van der Waals surface area (Å²) < 4.78 is 0. The molecule has 0 fully saturated rings. The number of nitro groups is 1. The van der Waals surface area contributed by atoms with Gasteiger partial charge in [0.2, 0.25) is 0 Å². The predicted molar refractivity (Wildman–Crippen MR) is 51.9 cm³/mol. The summed E-state index contributed by atoms with van der Waals surface area (Å²) in [6.45, 7) is 5.60. The first-order chi connectivity index (χ1) is 6.02. The Balaban J connectivity index is 3.19. The number of rotatable bonds is 2. The quantitative estimate of drug-likeness (QED) is 0.541. The average molecular weight is 199 g/mol. The van der Waals surface area contributed by atoms with Crippen LogP contribution in [0.25, 0.3) is 0 Å². The summed E-state index contributed by atoms with van der Waals surface area (Å²) in [5.41, 5.74) is 0.755. The Kier molecular flexibility index (Phi) is 2.88. The van der Waals surface area contributed by atoms with Crippen LogP contribution in [0.3, 0.4) is 0 Å². The third-order valence-corrected chi connectivity index (χ3v) is 2.07. The predicted octanol–water partition coefficient (Wildman–Crippen LogP) is 3.19. The SMILES string of the molecule is [CH2]C(C)c1cc([N+](=O)[O-])ccc1Cl. The first-order valence-electron chi connectivity index (χ1n) is 3.79. The van der Waals surface area contributed by atoms with Crippen molar-refractivity contribution in [3.63, 3.8) is 0 Å². The number of hydrogen-bond donors (Lipinski definition) is 0. The second kappa shape index (κ2) is 3.75. The maximum atomic E-state index is 10.4. The second-order valence-corrected chi connectivity index (χ2v) is 3.27. The number of hydrogen-bond acceptors (Lipinski definition) is 2. The molecular weight excluding hydrogens is 190 g/mol. The van der Waals surface area contributed by atoms with Gasteiger partial charge in [-0.25, -0.2) is 0 Å². The van der Waals surface area contributed by atoms with Crippen LogP contribution in [0.5, 0.6) is 0 Å². The molecule has 3 nitrogen and oxygen atoms in total. The van der Waals surface area contributed by atoms with Crippen molar-refractivity contribution < 1.29 is 4.92 Å². The van der Waals surface area contributed by atoms with Gasteiger partial charge in [-0.1, -0.05) is 18.5 Å². The Bertz CT molecular complexity index is 336. The molecule has 1 unspecified atom stereocenters. The highest BCUT2D eigenvalue weighted by molar-refractivity contribution is 6.31. The fraction of sp³-hybridized carbons (Fsp3) is 0.222. The van der Waals surface area contributed by atoms with E-state index < -0.39 is 4.92 Å². The van der Waals surface area contributed by atoms with Gasteiger partial charge in [0.1, 0.15) is 0 Å². The van der Waals surface area contributed by atoms with Gasteiger partial charge in [-0.2, -0.15) is 0 Å². The summed E-state index contributed by atoms with van der Waals surface area (Å²) in [6, 6.07) is 4.37. The van der Waals surface area contributed by atoms with Gasteiger partial charge in [-0.15, -0.1) is 0 Å². The fourth-order valence-corrected chi connectivity index (χ4v) is 1.33. The van der Waals surface area contributed by atoms with Crippen molar-refractivity contribution in [1.82, 2.24) is 0 Å². The number of nitro benzene ring substituents is 1. The van der Waals surface area contributed by atoms with Gasteiger partial charge >= 0.3 is 0 Å². The zero-order chi connectivity index (χ0) is 10.0. The van der Waals surface area contributed by atoms with E-state index in [1.807, 2.05) is 6.92 Å². The zero-order valence-corrected chi connectivity index (χ0v) is 7.91. The third kappa shape index (κ3) is 2.18. The molecule has 0 amide bonds. The molecule has 1 atom stereocenters. The van der Waals surface area contributed by atoms with Crippen molar-refractivity contribution in [2.45, 2.75) is 12.8 Å². The molecule has 13 heavy (non-hydrogen) atoms. The van der Waals surface area contributed by atoms with Crippen molar-refractivity contribution in [2.75, 3.05) is 0 Å². The minimum absolute atomic E-state index is 0.0487. The maximum absolute atomic E-state index is 10.4. The highest BCUT2D eigenvalue weighted by Gasteiger charge is 2.11. The van der Waals surface area contributed by atoms with Gasteiger partial charge in [-0.3, -0.25) is 10.1 Å². The van der Waals surface area contributed by atoms with E-state index in [4.69, 9.17) is 11.6 Å². The molecule has 0 saturated carbocycles. The number of nitrogens with zero attached hydrogens (tertiary/aromatic N) is 1. The minimum Gasteiger partial charge on any atom is -0.258 e. The monoisotopic (exact) mass is 198 g/mol. The largest absolute Gasteiger partial charge is 0.269 e. The van der Waals surface area contributed by atoms with E-state index in [2.05, 4.69) is 6.92 Å². The molecule has 0 aliphatic heterocycles. The zero-order valence-electron chi connectivity index (χ0n) is 7.16. The molecule has 1 radical (unpaired) electrons. The van der Waals surface area contributed by atoms with Crippen LogP contribution >= 0.6 is 11.6 Å². The Morgan fingerprint density at radius 1 is 1.62 bits per heavy atom. The van der Waals surface area contributed by atoms with Crippen LogP contribution in [0.2, 0.25) is 5.02 Å². The minimum atomic E-state index is -0.442. The van der Waals surface area contributed by atoms with Gasteiger partial charge in [0, 0.05) is 17.2 Å². The van der Waals surface area contributed by atoms with E-state index in [0.29, 0.717) is 10.6 Å². The standard InChI is InChI=1S/C9H9ClNO2/c1-6(2)8-5-7(11(12)13)3-4-9(8)10/h3-6H,1H2,2H3. The summed E-state index contributed by atoms with van der Waals surface area (Å²) in [5, 5.41) is 11.0. The first kappa shape index (κ1) is 9.99. The molecule has 0 aliphatic carbocycles. The van der Waals surface area contributed by atoms with Crippen molar-refractivity contribution in [2.24, 2.45) is 0 Å². The molecule has 1 aromatic rings. The highest BCUT2D eigenvalue weighted by Crippen LogP contribution is 2.27. The van der Waals surface area contributed by atoms with E-state index in [0.717, 1.165) is 0 Å². The normalized spacial score (nSPS) is 10.5. The first-order valence-corrected chi connectivity index (χ1v) is 4.17. The Morgan fingerprint density at radius 3 is 2.69 bits per heavy atom. The van der Waals surface area contributed by atoms with E-state index >= 15 is 0 Å². The van der Waals surface area contributed by atoms with Gasteiger partial charge in [0.25, 0.3) is 5.69 Å². The van der Waals surface area contributed by atoms with Crippen LogP contribution in [-0.2, 0) is 0 Å². The second-order valence-electron chi connectivity index (χ2n) is 2.86. The molecule has 0 saturated heterocycles. The van der Waals surface area contributed by atoms with E-state index in [1.54, 1.807) is 0 Å². The van der Waals surface area contributed by atoms with E-state index in [-0.39, 0.29) is 11.6 Å². The Labute approximate surface area is 81.5 Å². The summed E-state index contributed by atoms with van der Waals surface area (Å²) >= 11 is 5.83. The smallest absolute Gasteiger partial charge is 0.258 e. The van der Waals surface area contributed by atoms with Crippen LogP contribution in [-0.4, -0.2) is 4.92 Å². The number of benzene rings is 1. The molecule has 1 aromatic carbocycles. The Hall–Kier alpha value is -1.09. The lowest BCUT2D eigenvalue weighted by molar-refractivity contribution is -0.384. The highest BCUT2D eigenvalue weighted by atomic mass is 35.5. The van der Waals surface area contributed by atoms with Crippen molar-refractivity contribution >= 4 is 17.3 Å². The van der Waals surface area contributed by atoms with Crippen LogP contribution in [0.15, 0.2) is 18.2 Å². The lowest BCUT2D eigenvalue weighted by Crippen LogP contribution is -1.93. The molecule has 0 aromatic heterocycles. The lowest BCUT2D eigenvalue weighted by Gasteiger charge is -2.06. The molecule has 0 heterocycles. The average Bonchev–Trinajstić information content (AvgIpc) is 2.04. The molecule has 69 valence electrons. The topological polar surface area (TPSA) is 43.1 Å². The van der Waals surface area contributed by atoms with Gasteiger partial charge < -0.3 is 0 Å². The van der Waals surface area contributed by atoms with Crippen molar-refractivity contribution in [3.8, 4) is 0 Å². The molecule has 4 heteroatoms. The Morgan fingerprint density at radius 2 is 2.23 bits per heavy atom. The molecule has 0 aliphatic rings. The van der Waals surface area contributed by atoms with Crippen LogP contribution < -0.4 is 0 Å². The van der Waals surface area contributed by atoms with E-state index in [1.165, 1.54) is 18.2 Å². The molecule has 0 N–H and O–H groups in total. The van der Waals surface area contributed by atoms with Crippen molar-refractivity contribution in [1.29, 1.82) is 0 Å². The number of non-ortho nitro benzene ring substituents is 1. The summed E-state index contributed by atoms with van der Waals surface area (Å²) in [7, 11) is 0. The van der Waals surface area contributed by atoms with Gasteiger partial charge in [0.05, 0.1) is 4.92 Å². The summed E-state index contributed by atoms with van der Waals surface area (Å²) in [4.78, 5) is 9.99. The van der Waals surface area contributed by atoms with Gasteiger partial charge in [-0.05, 0) is 24.5 Å². The molecule has 0 bridgehead atoms. The lowest BCUT2D eigenvalue weighted by atomic mass is 10.0. The van der Waals surface area contributed by atoms with Crippen molar-refractivity contribution in [3.05, 3.63) is 45.8 Å². The van der Waals surface area contributed by atoms with E-state index in [9.17, 15) is 10.1 Å². The summed E-state index contributed by atoms with van der Waals surface area (Å²) in [5.74, 6) is -0.0487. The van der Waals surface area contributed by atoms with Crippen LogP contribution in [0.4, 0.5) is 5.69 Å². The van der Waals surface area contributed by atoms with Crippen LogP contribution in [0.1, 0.15) is 18.4 Å². The number of halogens is 1. The summed E-state index contributed by atoms with van der Waals surface area (Å²) in [6.07, 6.45) is 0. The molecule has 0 spiro atoms. The maximum Gasteiger partial charge on any atom is 0.269 e. The molecular formula is C9H9ClNO2. The molecule has 1 rings (SSSR count). The van der Waals surface area contributed by atoms with Gasteiger partial charge in [0.15, 0.2) is 0 Å².